The molecule has 6 nitrogen and oxygen atoms in total. The highest BCUT2D eigenvalue weighted by Gasteiger charge is 2.17. The number of nitrogens with one attached hydrogen (secondary N) is 2. The second-order valence-corrected chi connectivity index (χ2v) is 8.86. The van der Waals surface area contributed by atoms with Crippen LogP contribution in [0, 0.1) is 11.8 Å². The molecule has 2 heterocycles. The molecule has 2 saturated heterocycles. The molecule has 0 aromatic rings. The van der Waals surface area contributed by atoms with Crippen LogP contribution < -0.4 is 10.6 Å². The van der Waals surface area contributed by atoms with Crippen molar-refractivity contribution in [2.45, 2.75) is 47.0 Å². The number of piperazine rings is 1. The molecule has 2 aliphatic heterocycles. The maximum absolute atomic E-state index is 4.85. The molecule has 0 spiro atoms. The van der Waals surface area contributed by atoms with E-state index in [2.05, 4.69) is 53.0 Å². The number of nitrogens with zero attached hydrogens (tertiary/aromatic N) is 4. The zero-order chi connectivity index (χ0) is 20.2. The van der Waals surface area contributed by atoms with Gasteiger partial charge in [-0.2, -0.15) is 0 Å². The maximum Gasteiger partial charge on any atom is 0.191 e. The molecule has 2 fully saturated rings. The van der Waals surface area contributed by atoms with Crippen LogP contribution in [0.25, 0.3) is 0 Å². The van der Waals surface area contributed by atoms with Crippen LogP contribution >= 0.6 is 24.0 Å². The van der Waals surface area contributed by atoms with Crippen LogP contribution in [0.15, 0.2) is 4.99 Å². The fourth-order valence-electron chi connectivity index (χ4n) is 4.17. The average molecular weight is 523 g/mol. The first-order chi connectivity index (χ1) is 13.6. The number of likely N-dealkylation sites (tertiary alicyclic amines) is 1. The summed E-state index contributed by atoms with van der Waals surface area (Å²) in [6.45, 7) is 22.9. The second-order valence-electron chi connectivity index (χ2n) is 8.86. The molecule has 0 saturated carbocycles. The van der Waals surface area contributed by atoms with E-state index in [0.717, 1.165) is 38.1 Å². The first-order valence-corrected chi connectivity index (χ1v) is 11.8. The van der Waals surface area contributed by atoms with Gasteiger partial charge < -0.3 is 25.3 Å². The summed E-state index contributed by atoms with van der Waals surface area (Å²) in [6, 6.07) is 0. The number of aliphatic imine (C=N–C) groups is 1. The van der Waals surface area contributed by atoms with Crippen molar-refractivity contribution in [3.05, 3.63) is 0 Å². The SMILES string of the molecule is CCNC(=NCC(C)CN1CCN(CC)CC1)NCCCN1CCC(C)CC1.I. The number of guanidine groups is 1. The van der Waals surface area contributed by atoms with E-state index in [1.165, 1.54) is 71.6 Å². The van der Waals surface area contributed by atoms with Gasteiger partial charge in [0.25, 0.3) is 0 Å². The maximum atomic E-state index is 4.85. The third-order valence-corrected chi connectivity index (χ3v) is 6.21. The lowest BCUT2D eigenvalue weighted by atomic mass is 9.99. The topological polar surface area (TPSA) is 46.1 Å². The summed E-state index contributed by atoms with van der Waals surface area (Å²) in [6.07, 6.45) is 3.92. The average Bonchev–Trinajstić information content (AvgIpc) is 2.71. The fraction of sp³-hybridized carbons (Fsp3) is 0.955. The minimum absolute atomic E-state index is 0. The van der Waals surface area contributed by atoms with E-state index in [9.17, 15) is 0 Å². The molecule has 1 atom stereocenters. The Morgan fingerprint density at radius 1 is 0.966 bits per heavy atom. The van der Waals surface area contributed by atoms with Gasteiger partial charge in [0, 0.05) is 52.4 Å². The van der Waals surface area contributed by atoms with Gasteiger partial charge in [-0.1, -0.05) is 20.8 Å². The van der Waals surface area contributed by atoms with Gasteiger partial charge in [0.1, 0.15) is 0 Å². The van der Waals surface area contributed by atoms with Gasteiger partial charge in [0.2, 0.25) is 0 Å². The van der Waals surface area contributed by atoms with Gasteiger partial charge in [-0.3, -0.25) is 4.99 Å². The van der Waals surface area contributed by atoms with E-state index in [-0.39, 0.29) is 24.0 Å². The van der Waals surface area contributed by atoms with Gasteiger partial charge in [-0.05, 0) is 64.2 Å². The van der Waals surface area contributed by atoms with E-state index in [1.807, 2.05) is 0 Å². The predicted octanol–water partition coefficient (Wildman–Crippen LogP) is 2.56. The Balaban J connectivity index is 0.00000420. The molecule has 2 rings (SSSR count). The molecular formula is C22H47IN6. The third-order valence-electron chi connectivity index (χ3n) is 6.21. The van der Waals surface area contributed by atoms with Crippen molar-refractivity contribution >= 4 is 29.9 Å². The van der Waals surface area contributed by atoms with Crippen molar-refractivity contribution in [2.75, 3.05) is 78.5 Å². The molecular weight excluding hydrogens is 475 g/mol. The number of hydrogen-bond acceptors (Lipinski definition) is 4. The molecule has 0 amide bonds. The van der Waals surface area contributed by atoms with Crippen LogP contribution in [0.3, 0.4) is 0 Å². The second kappa shape index (κ2) is 15.6. The quantitative estimate of drug-likeness (QED) is 0.200. The Bertz CT molecular complexity index is 431. The number of piperidine rings is 1. The summed E-state index contributed by atoms with van der Waals surface area (Å²) in [4.78, 5) is 12.6. The van der Waals surface area contributed by atoms with E-state index < -0.39 is 0 Å². The van der Waals surface area contributed by atoms with E-state index >= 15 is 0 Å². The molecule has 0 bridgehead atoms. The Morgan fingerprint density at radius 3 is 2.24 bits per heavy atom. The standard InChI is InChI=1S/C22H46N6.HI/c1-5-23-22(24-10-7-11-27-12-8-20(3)9-13-27)25-18-21(4)19-28-16-14-26(6-2)15-17-28;/h20-21H,5-19H2,1-4H3,(H2,23,24,25);1H. The highest BCUT2D eigenvalue weighted by atomic mass is 127. The number of rotatable bonds is 10. The summed E-state index contributed by atoms with van der Waals surface area (Å²) < 4.78 is 0. The molecule has 7 heteroatoms. The highest BCUT2D eigenvalue weighted by Crippen LogP contribution is 2.15. The summed E-state index contributed by atoms with van der Waals surface area (Å²) >= 11 is 0. The van der Waals surface area contributed by atoms with Crippen LogP contribution in [0.2, 0.25) is 0 Å². The van der Waals surface area contributed by atoms with Crippen molar-refractivity contribution < 1.29 is 0 Å². The third kappa shape index (κ3) is 11.2. The monoisotopic (exact) mass is 522 g/mol. The molecule has 0 aromatic carbocycles. The molecule has 1 unspecified atom stereocenters. The lowest BCUT2D eigenvalue weighted by Crippen LogP contribution is -2.47. The van der Waals surface area contributed by atoms with Crippen LogP contribution in [-0.4, -0.2) is 99.2 Å². The summed E-state index contributed by atoms with van der Waals surface area (Å²) in [5, 5.41) is 6.94. The minimum atomic E-state index is 0. The highest BCUT2D eigenvalue weighted by molar-refractivity contribution is 14.0. The van der Waals surface area contributed by atoms with Crippen molar-refractivity contribution in [3.8, 4) is 0 Å². The van der Waals surface area contributed by atoms with E-state index in [0.29, 0.717) is 5.92 Å². The number of halogens is 1. The van der Waals surface area contributed by atoms with Crippen molar-refractivity contribution in [1.82, 2.24) is 25.3 Å². The predicted molar refractivity (Wildman–Crippen MR) is 137 cm³/mol. The molecule has 2 aliphatic rings. The molecule has 2 N–H and O–H groups in total. The van der Waals surface area contributed by atoms with Crippen LogP contribution in [0.4, 0.5) is 0 Å². The summed E-state index contributed by atoms with van der Waals surface area (Å²) in [7, 11) is 0. The lowest BCUT2D eigenvalue weighted by molar-refractivity contribution is 0.125. The Kier molecular flexibility index (Phi) is 14.5. The van der Waals surface area contributed by atoms with Crippen LogP contribution in [0.5, 0.6) is 0 Å². The van der Waals surface area contributed by atoms with Gasteiger partial charge in [0.05, 0.1) is 0 Å². The van der Waals surface area contributed by atoms with Crippen molar-refractivity contribution in [2.24, 2.45) is 16.8 Å². The summed E-state index contributed by atoms with van der Waals surface area (Å²) in [5.41, 5.74) is 0. The van der Waals surface area contributed by atoms with Crippen molar-refractivity contribution in [3.63, 3.8) is 0 Å². The molecule has 0 radical (unpaired) electrons. The largest absolute Gasteiger partial charge is 0.357 e. The first-order valence-electron chi connectivity index (χ1n) is 11.8. The normalized spacial score (nSPS) is 21.6. The van der Waals surface area contributed by atoms with Gasteiger partial charge in [-0.25, -0.2) is 0 Å². The van der Waals surface area contributed by atoms with Gasteiger partial charge in [-0.15, -0.1) is 24.0 Å². The molecule has 172 valence electrons. The first kappa shape index (κ1) is 26.9. The van der Waals surface area contributed by atoms with E-state index in [4.69, 9.17) is 4.99 Å². The number of likely N-dealkylation sites (N-methyl/N-ethyl adjacent to an activating group) is 1. The molecule has 0 aliphatic carbocycles. The minimum Gasteiger partial charge on any atom is -0.357 e. The Hall–Kier alpha value is -0.120. The summed E-state index contributed by atoms with van der Waals surface area (Å²) in [5.74, 6) is 2.50. The van der Waals surface area contributed by atoms with Crippen LogP contribution in [0.1, 0.15) is 47.0 Å². The van der Waals surface area contributed by atoms with Gasteiger partial charge in [0.15, 0.2) is 5.96 Å². The fourth-order valence-corrected chi connectivity index (χ4v) is 4.17. The van der Waals surface area contributed by atoms with Crippen LogP contribution in [-0.2, 0) is 0 Å². The zero-order valence-electron chi connectivity index (χ0n) is 19.5. The smallest absolute Gasteiger partial charge is 0.191 e. The molecule has 29 heavy (non-hydrogen) atoms. The van der Waals surface area contributed by atoms with E-state index in [1.54, 1.807) is 0 Å². The number of hydrogen-bond donors (Lipinski definition) is 2. The van der Waals surface area contributed by atoms with Gasteiger partial charge >= 0.3 is 0 Å². The van der Waals surface area contributed by atoms with Crippen molar-refractivity contribution in [1.29, 1.82) is 0 Å². The Labute approximate surface area is 197 Å². The molecule has 0 aromatic heterocycles. The zero-order valence-corrected chi connectivity index (χ0v) is 21.8. The Morgan fingerprint density at radius 2 is 1.62 bits per heavy atom. The lowest BCUT2D eigenvalue weighted by Gasteiger charge is -2.35.